The first-order valence-electron chi connectivity index (χ1n) is 10.9. The van der Waals surface area contributed by atoms with E-state index >= 15 is 0 Å². The molecule has 3 aliphatic rings. The highest BCUT2D eigenvalue weighted by Gasteiger charge is 2.76. The zero-order chi connectivity index (χ0) is 22.3. The summed E-state index contributed by atoms with van der Waals surface area (Å²) in [6.45, 7) is 8.58. The van der Waals surface area contributed by atoms with Crippen molar-refractivity contribution in [1.82, 2.24) is 15.5 Å². The number of unbranched alkanes of at least 4 members (excludes halogenated alkanes) is 1. The van der Waals surface area contributed by atoms with Gasteiger partial charge in [-0.1, -0.05) is 22.9 Å². The highest BCUT2D eigenvalue weighted by molar-refractivity contribution is 9.09. The maximum absolute atomic E-state index is 13.5. The second-order valence-electron chi connectivity index (χ2n) is 9.66. The molecule has 9 heteroatoms. The van der Waals surface area contributed by atoms with Gasteiger partial charge < -0.3 is 25.4 Å². The Hall–Kier alpha value is -1.19. The van der Waals surface area contributed by atoms with E-state index in [9.17, 15) is 14.4 Å². The predicted octanol–water partition coefficient (Wildman–Crippen LogP) is 0.948. The third-order valence-electron chi connectivity index (χ3n) is 6.19. The molecule has 0 radical (unpaired) electrons. The number of carbonyl (C=O) groups excluding carboxylic acids is 3. The van der Waals surface area contributed by atoms with Crippen molar-refractivity contribution in [3.8, 4) is 0 Å². The van der Waals surface area contributed by atoms with Gasteiger partial charge in [-0.15, -0.1) is 0 Å². The predicted molar refractivity (Wildman–Crippen MR) is 115 cm³/mol. The average molecular weight is 488 g/mol. The lowest BCUT2D eigenvalue weighted by molar-refractivity contribution is -0.142. The molecule has 3 N–H and O–H groups in total. The Bertz CT molecular complexity index is 697. The molecule has 8 nitrogen and oxygen atoms in total. The van der Waals surface area contributed by atoms with Crippen LogP contribution in [0.25, 0.3) is 0 Å². The van der Waals surface area contributed by atoms with Crippen molar-refractivity contribution in [2.24, 2.45) is 11.8 Å². The number of halogens is 1. The van der Waals surface area contributed by atoms with Crippen LogP contribution in [0.1, 0.15) is 53.4 Å². The van der Waals surface area contributed by atoms with Crippen LogP contribution in [0.2, 0.25) is 0 Å². The second kappa shape index (κ2) is 8.74. The van der Waals surface area contributed by atoms with E-state index in [1.165, 1.54) is 0 Å². The minimum absolute atomic E-state index is 0.0273. The van der Waals surface area contributed by atoms with Gasteiger partial charge in [0.15, 0.2) is 0 Å². The molecule has 30 heavy (non-hydrogen) atoms. The summed E-state index contributed by atoms with van der Waals surface area (Å²) in [5, 5.41) is 15.1. The van der Waals surface area contributed by atoms with Gasteiger partial charge in [0.25, 0.3) is 0 Å². The Balaban J connectivity index is 1.97. The molecule has 6 atom stereocenters. The summed E-state index contributed by atoms with van der Waals surface area (Å²) in [6, 6.07) is -0.790. The lowest BCUT2D eigenvalue weighted by Crippen LogP contribution is -2.58. The molecular weight excluding hydrogens is 454 g/mol. The topological polar surface area (TPSA) is 108 Å². The van der Waals surface area contributed by atoms with Crippen molar-refractivity contribution >= 4 is 33.7 Å². The van der Waals surface area contributed by atoms with Gasteiger partial charge in [-0.2, -0.15) is 0 Å². The summed E-state index contributed by atoms with van der Waals surface area (Å²) in [6.07, 6.45) is 2.00. The number of hydrogen-bond acceptors (Lipinski definition) is 5. The highest BCUT2D eigenvalue weighted by Crippen LogP contribution is 2.60. The molecule has 1 spiro atoms. The van der Waals surface area contributed by atoms with Crippen molar-refractivity contribution in [3.63, 3.8) is 0 Å². The van der Waals surface area contributed by atoms with Gasteiger partial charge in [0, 0.05) is 30.1 Å². The summed E-state index contributed by atoms with van der Waals surface area (Å²) in [5.41, 5.74) is -1.48. The highest BCUT2D eigenvalue weighted by atomic mass is 79.9. The quantitative estimate of drug-likeness (QED) is 0.348. The molecule has 3 rings (SSSR count). The molecule has 170 valence electrons. The van der Waals surface area contributed by atoms with Gasteiger partial charge in [-0.05, 0) is 46.5 Å². The molecule has 2 bridgehead atoms. The van der Waals surface area contributed by atoms with E-state index in [2.05, 4.69) is 26.6 Å². The number of nitrogens with zero attached hydrogens (tertiary/aromatic N) is 1. The summed E-state index contributed by atoms with van der Waals surface area (Å²) in [7, 11) is 0. The molecule has 3 amide bonds. The SMILES string of the molecule is CCCNC(=O)[C@H]1[C@@H]2OC3(CC2Br)C(C(=O)NC(C)(C)C)N(CCCCO)C(=O)[C@H]13. The smallest absolute Gasteiger partial charge is 0.246 e. The third-order valence-corrected chi connectivity index (χ3v) is 7.04. The molecule has 3 fully saturated rings. The number of hydrogen-bond donors (Lipinski definition) is 3. The minimum atomic E-state index is -1.02. The summed E-state index contributed by atoms with van der Waals surface area (Å²) in [5.74, 6) is -1.91. The molecule has 0 aromatic heterocycles. The number of carbonyl (C=O) groups is 3. The van der Waals surface area contributed by atoms with Crippen LogP contribution in [0.3, 0.4) is 0 Å². The molecule has 3 unspecified atom stereocenters. The number of ether oxygens (including phenoxy) is 1. The number of likely N-dealkylation sites (tertiary alicyclic amines) is 1. The number of aliphatic hydroxyl groups is 1. The van der Waals surface area contributed by atoms with Crippen LogP contribution in [-0.2, 0) is 19.1 Å². The van der Waals surface area contributed by atoms with Crippen molar-refractivity contribution in [1.29, 1.82) is 0 Å². The van der Waals surface area contributed by atoms with E-state index in [1.807, 2.05) is 27.7 Å². The molecular formula is C21H34BrN3O5. The van der Waals surface area contributed by atoms with Crippen LogP contribution < -0.4 is 10.6 Å². The fraction of sp³-hybridized carbons (Fsp3) is 0.857. The van der Waals surface area contributed by atoms with Gasteiger partial charge in [0.1, 0.15) is 11.6 Å². The normalized spacial score (nSPS) is 34.9. The molecule has 3 heterocycles. The third kappa shape index (κ3) is 4.00. The maximum Gasteiger partial charge on any atom is 0.246 e. The number of nitrogens with one attached hydrogen (secondary N) is 2. The Morgan fingerprint density at radius 1 is 1.30 bits per heavy atom. The van der Waals surface area contributed by atoms with Gasteiger partial charge in [0.2, 0.25) is 17.7 Å². The van der Waals surface area contributed by atoms with Gasteiger partial charge in [0.05, 0.1) is 17.9 Å². The van der Waals surface area contributed by atoms with E-state index in [0.717, 1.165) is 6.42 Å². The lowest BCUT2D eigenvalue weighted by Gasteiger charge is -2.36. The molecule has 0 aromatic carbocycles. The Morgan fingerprint density at radius 3 is 2.60 bits per heavy atom. The van der Waals surface area contributed by atoms with E-state index < -0.39 is 35.1 Å². The van der Waals surface area contributed by atoms with E-state index in [0.29, 0.717) is 32.4 Å². The van der Waals surface area contributed by atoms with Gasteiger partial charge in [-0.25, -0.2) is 0 Å². The molecule has 3 aliphatic heterocycles. The molecule has 0 aromatic rings. The van der Waals surface area contributed by atoms with Crippen molar-refractivity contribution in [2.45, 2.75) is 81.5 Å². The standard InChI is InChI=1S/C21H34BrN3O5/c1-5-8-23-17(27)13-14-19(29)25(9-6-7-10-26)16(18(28)24-20(2,3)4)21(14)11-12(22)15(13)30-21/h12-16,26H,5-11H2,1-4H3,(H,23,27)(H,24,28)/t12?,13-,14+,15-,16?,21?/m1/s1. The Labute approximate surface area is 186 Å². The fourth-order valence-corrected chi connectivity index (χ4v) is 6.11. The summed E-state index contributed by atoms with van der Waals surface area (Å²) in [4.78, 5) is 41.4. The monoisotopic (exact) mass is 487 g/mol. The Kier molecular flexibility index (Phi) is 6.84. The number of aliphatic hydroxyl groups excluding tert-OH is 1. The van der Waals surface area contributed by atoms with Crippen molar-refractivity contribution in [2.75, 3.05) is 19.7 Å². The summed E-state index contributed by atoms with van der Waals surface area (Å²) < 4.78 is 6.38. The van der Waals surface area contributed by atoms with Crippen LogP contribution in [0, 0.1) is 11.8 Å². The van der Waals surface area contributed by atoms with Crippen LogP contribution in [0.15, 0.2) is 0 Å². The fourth-order valence-electron chi connectivity index (χ4n) is 5.17. The first kappa shape index (κ1) is 23.5. The minimum Gasteiger partial charge on any atom is -0.396 e. The zero-order valence-corrected chi connectivity index (χ0v) is 19.8. The van der Waals surface area contributed by atoms with Crippen LogP contribution in [0.5, 0.6) is 0 Å². The lowest BCUT2D eigenvalue weighted by atomic mass is 9.70. The first-order valence-corrected chi connectivity index (χ1v) is 11.8. The average Bonchev–Trinajstić information content (AvgIpc) is 3.22. The molecule has 0 saturated carbocycles. The van der Waals surface area contributed by atoms with E-state index in [-0.39, 0.29) is 29.2 Å². The Morgan fingerprint density at radius 2 is 2.00 bits per heavy atom. The zero-order valence-electron chi connectivity index (χ0n) is 18.2. The number of fused-ring (bicyclic) bond motifs is 1. The second-order valence-corrected chi connectivity index (χ2v) is 10.8. The first-order chi connectivity index (χ1) is 14.1. The number of rotatable bonds is 8. The number of amides is 3. The van der Waals surface area contributed by atoms with Gasteiger partial charge in [-0.3, -0.25) is 14.4 Å². The largest absolute Gasteiger partial charge is 0.396 e. The van der Waals surface area contributed by atoms with Crippen molar-refractivity contribution < 1.29 is 24.2 Å². The van der Waals surface area contributed by atoms with Crippen molar-refractivity contribution in [3.05, 3.63) is 0 Å². The van der Waals surface area contributed by atoms with E-state index in [1.54, 1.807) is 4.90 Å². The summed E-state index contributed by atoms with van der Waals surface area (Å²) >= 11 is 3.65. The van der Waals surface area contributed by atoms with E-state index in [4.69, 9.17) is 9.84 Å². The number of alkyl halides is 1. The van der Waals surface area contributed by atoms with Gasteiger partial charge >= 0.3 is 0 Å². The van der Waals surface area contributed by atoms with Crippen LogP contribution in [0.4, 0.5) is 0 Å². The molecule has 3 saturated heterocycles. The van der Waals surface area contributed by atoms with Crippen LogP contribution >= 0.6 is 15.9 Å². The maximum atomic E-state index is 13.5. The van der Waals surface area contributed by atoms with Crippen LogP contribution in [-0.4, -0.2) is 75.5 Å². The molecule has 0 aliphatic carbocycles.